The maximum Gasteiger partial charge on any atom is 0.0477 e. The number of pyridine rings is 2. The van der Waals surface area contributed by atoms with E-state index in [1.807, 2.05) is 42.9 Å². The fourth-order valence-corrected chi connectivity index (χ4v) is 2.21. The molecule has 2 aromatic heterocycles. The summed E-state index contributed by atoms with van der Waals surface area (Å²) in [6.45, 7) is 2.17. The van der Waals surface area contributed by atoms with Gasteiger partial charge in [-0.15, -0.1) is 0 Å². The Hall–Kier alpha value is -1.22. The van der Waals surface area contributed by atoms with Crippen LogP contribution in [-0.4, -0.2) is 9.97 Å². The van der Waals surface area contributed by atoms with Gasteiger partial charge in [0.05, 0.1) is 0 Å². The van der Waals surface area contributed by atoms with Gasteiger partial charge in [0, 0.05) is 35.0 Å². The Morgan fingerprint density at radius 3 is 2.44 bits per heavy atom. The van der Waals surface area contributed by atoms with Gasteiger partial charge in [0.25, 0.3) is 0 Å². The first kappa shape index (κ1) is 11.3. The number of alkyl halides is 1. The number of hydrogen-bond donors (Lipinski definition) is 0. The predicted molar refractivity (Wildman–Crippen MR) is 68.6 cm³/mol. The van der Waals surface area contributed by atoms with Gasteiger partial charge in [-0.3, -0.25) is 9.97 Å². The maximum atomic E-state index is 4.38. The van der Waals surface area contributed by atoms with Gasteiger partial charge in [-0.2, -0.15) is 0 Å². The standard InChI is InChI=1S/C13H13BrN2/c1-10(12-4-2-3-7-16-12)13(14)11-5-8-15-9-6-11/h2-10,13H,1H3. The molecule has 0 bridgehead atoms. The van der Waals surface area contributed by atoms with Crippen LogP contribution in [0.1, 0.15) is 28.9 Å². The Morgan fingerprint density at radius 1 is 1.06 bits per heavy atom. The minimum atomic E-state index is 0.269. The van der Waals surface area contributed by atoms with E-state index < -0.39 is 0 Å². The van der Waals surface area contributed by atoms with Crippen LogP contribution in [0.25, 0.3) is 0 Å². The van der Waals surface area contributed by atoms with Crippen LogP contribution in [0.4, 0.5) is 0 Å². The second-order valence-electron chi connectivity index (χ2n) is 3.73. The summed E-state index contributed by atoms with van der Waals surface area (Å²) >= 11 is 3.72. The number of aromatic nitrogens is 2. The van der Waals surface area contributed by atoms with Crippen LogP contribution in [0.2, 0.25) is 0 Å². The third-order valence-electron chi connectivity index (χ3n) is 2.62. The number of rotatable bonds is 3. The molecule has 82 valence electrons. The average molecular weight is 277 g/mol. The van der Waals surface area contributed by atoms with Crippen molar-refractivity contribution in [1.29, 1.82) is 0 Å². The summed E-state index contributed by atoms with van der Waals surface area (Å²) in [5, 5.41) is 0. The van der Waals surface area contributed by atoms with Crippen molar-refractivity contribution in [2.45, 2.75) is 17.7 Å². The zero-order valence-electron chi connectivity index (χ0n) is 9.05. The van der Waals surface area contributed by atoms with Crippen molar-refractivity contribution in [2.75, 3.05) is 0 Å². The highest BCUT2D eigenvalue weighted by Crippen LogP contribution is 2.36. The lowest BCUT2D eigenvalue weighted by molar-refractivity contribution is 0.723. The van der Waals surface area contributed by atoms with Gasteiger partial charge in [0.1, 0.15) is 0 Å². The van der Waals surface area contributed by atoms with Gasteiger partial charge < -0.3 is 0 Å². The molecule has 0 fully saturated rings. The van der Waals surface area contributed by atoms with Crippen LogP contribution < -0.4 is 0 Å². The quantitative estimate of drug-likeness (QED) is 0.799. The van der Waals surface area contributed by atoms with Gasteiger partial charge in [0.15, 0.2) is 0 Å². The minimum absolute atomic E-state index is 0.269. The van der Waals surface area contributed by atoms with Gasteiger partial charge in [-0.05, 0) is 29.8 Å². The summed E-state index contributed by atoms with van der Waals surface area (Å²) in [6, 6.07) is 10.1. The number of hydrogen-bond acceptors (Lipinski definition) is 2. The van der Waals surface area contributed by atoms with E-state index in [1.165, 1.54) is 5.56 Å². The Labute approximate surface area is 104 Å². The summed E-state index contributed by atoms with van der Waals surface area (Å²) in [5.41, 5.74) is 2.33. The molecule has 0 radical (unpaired) electrons. The van der Waals surface area contributed by atoms with Crippen LogP contribution in [0.3, 0.4) is 0 Å². The molecule has 0 spiro atoms. The first-order chi connectivity index (χ1) is 7.79. The Bertz CT molecular complexity index is 387. The Kier molecular flexibility index (Phi) is 3.67. The molecule has 2 aromatic rings. The molecule has 3 heteroatoms. The first-order valence-electron chi connectivity index (χ1n) is 5.24. The van der Waals surface area contributed by atoms with Crippen molar-refractivity contribution >= 4 is 15.9 Å². The van der Waals surface area contributed by atoms with Gasteiger partial charge in [-0.25, -0.2) is 0 Å². The van der Waals surface area contributed by atoms with E-state index in [0.717, 1.165) is 5.69 Å². The van der Waals surface area contributed by atoms with Crippen LogP contribution in [0, 0.1) is 0 Å². The lowest BCUT2D eigenvalue weighted by atomic mass is 9.98. The normalized spacial score (nSPS) is 14.4. The molecule has 0 saturated heterocycles. The lowest BCUT2D eigenvalue weighted by Crippen LogP contribution is -2.03. The molecular weight excluding hydrogens is 264 g/mol. The molecule has 2 nitrogen and oxygen atoms in total. The first-order valence-corrected chi connectivity index (χ1v) is 6.15. The molecule has 0 aliphatic heterocycles. The van der Waals surface area contributed by atoms with Crippen molar-refractivity contribution in [3.8, 4) is 0 Å². The van der Waals surface area contributed by atoms with Crippen LogP contribution >= 0.6 is 15.9 Å². The van der Waals surface area contributed by atoms with E-state index in [1.54, 1.807) is 0 Å². The predicted octanol–water partition coefficient (Wildman–Crippen LogP) is 3.72. The van der Waals surface area contributed by atoms with E-state index in [9.17, 15) is 0 Å². The van der Waals surface area contributed by atoms with Gasteiger partial charge in [-0.1, -0.05) is 28.9 Å². The van der Waals surface area contributed by atoms with Gasteiger partial charge >= 0.3 is 0 Å². The lowest BCUT2D eigenvalue weighted by Gasteiger charge is -2.17. The van der Waals surface area contributed by atoms with E-state index in [0.29, 0.717) is 5.92 Å². The molecule has 0 N–H and O–H groups in total. The fraction of sp³-hybridized carbons (Fsp3) is 0.231. The molecule has 0 amide bonds. The Morgan fingerprint density at radius 2 is 1.81 bits per heavy atom. The largest absolute Gasteiger partial charge is 0.265 e. The molecule has 0 aliphatic rings. The topological polar surface area (TPSA) is 25.8 Å². The summed E-state index contributed by atoms with van der Waals surface area (Å²) in [4.78, 5) is 8.67. The maximum absolute atomic E-state index is 4.38. The Balaban J connectivity index is 2.20. The molecule has 16 heavy (non-hydrogen) atoms. The second-order valence-corrected chi connectivity index (χ2v) is 4.71. The fourth-order valence-electron chi connectivity index (χ4n) is 1.63. The smallest absolute Gasteiger partial charge is 0.0477 e. The van der Waals surface area contributed by atoms with E-state index in [-0.39, 0.29) is 4.83 Å². The monoisotopic (exact) mass is 276 g/mol. The molecule has 2 rings (SSSR count). The second kappa shape index (κ2) is 5.21. The molecule has 0 aromatic carbocycles. The zero-order valence-corrected chi connectivity index (χ0v) is 10.6. The van der Waals surface area contributed by atoms with Crippen LogP contribution in [0.15, 0.2) is 48.9 Å². The zero-order chi connectivity index (χ0) is 11.4. The van der Waals surface area contributed by atoms with Crippen molar-refractivity contribution in [3.05, 3.63) is 60.2 Å². The van der Waals surface area contributed by atoms with Crippen molar-refractivity contribution in [3.63, 3.8) is 0 Å². The van der Waals surface area contributed by atoms with Crippen LogP contribution in [-0.2, 0) is 0 Å². The molecule has 2 atom stereocenters. The number of halogens is 1. The summed E-state index contributed by atoms with van der Waals surface area (Å²) in [7, 11) is 0. The molecule has 2 unspecified atom stereocenters. The molecule has 2 heterocycles. The third kappa shape index (κ3) is 2.47. The van der Waals surface area contributed by atoms with Crippen molar-refractivity contribution in [2.24, 2.45) is 0 Å². The summed E-state index contributed by atoms with van der Waals surface area (Å²) in [5.74, 6) is 0.337. The molecular formula is C13H13BrN2. The van der Waals surface area contributed by atoms with Crippen LogP contribution in [0.5, 0.6) is 0 Å². The van der Waals surface area contributed by atoms with E-state index >= 15 is 0 Å². The summed E-state index contributed by atoms with van der Waals surface area (Å²) < 4.78 is 0. The van der Waals surface area contributed by atoms with Crippen molar-refractivity contribution in [1.82, 2.24) is 9.97 Å². The number of nitrogens with zero attached hydrogens (tertiary/aromatic N) is 2. The highest BCUT2D eigenvalue weighted by Gasteiger charge is 2.18. The average Bonchev–Trinajstić information content (AvgIpc) is 2.39. The third-order valence-corrected chi connectivity index (χ3v) is 3.94. The van der Waals surface area contributed by atoms with E-state index in [2.05, 4.69) is 38.9 Å². The molecule has 0 aliphatic carbocycles. The van der Waals surface area contributed by atoms with Crippen molar-refractivity contribution < 1.29 is 0 Å². The minimum Gasteiger partial charge on any atom is -0.265 e. The van der Waals surface area contributed by atoms with E-state index in [4.69, 9.17) is 0 Å². The highest BCUT2D eigenvalue weighted by atomic mass is 79.9. The van der Waals surface area contributed by atoms with Gasteiger partial charge in [0.2, 0.25) is 0 Å². The summed E-state index contributed by atoms with van der Waals surface area (Å²) in [6.07, 6.45) is 5.46. The highest BCUT2D eigenvalue weighted by molar-refractivity contribution is 9.09. The molecule has 0 saturated carbocycles. The SMILES string of the molecule is CC(c1ccccn1)C(Br)c1ccncc1.